The van der Waals surface area contributed by atoms with E-state index in [4.69, 9.17) is 5.73 Å². The van der Waals surface area contributed by atoms with Gasteiger partial charge >= 0.3 is 0 Å². The molecule has 3 aromatic rings. The Labute approximate surface area is 164 Å². The molecule has 1 aliphatic rings. The summed E-state index contributed by atoms with van der Waals surface area (Å²) in [5, 5.41) is 8.31. The fourth-order valence-corrected chi connectivity index (χ4v) is 3.32. The number of benzene rings is 2. The van der Waals surface area contributed by atoms with Crippen molar-refractivity contribution in [3.8, 4) is 16.8 Å². The van der Waals surface area contributed by atoms with Crippen LogP contribution in [0.4, 0.5) is 0 Å². The molecule has 27 heavy (non-hydrogen) atoms. The number of carbonyl (C=O) groups excluding carboxylic acids is 1. The molecule has 1 fully saturated rings. The molecular formula is C20H22ClN5O. The summed E-state index contributed by atoms with van der Waals surface area (Å²) in [6.07, 6.45) is 0.833. The summed E-state index contributed by atoms with van der Waals surface area (Å²) >= 11 is 0. The summed E-state index contributed by atoms with van der Waals surface area (Å²) in [6.45, 7) is 3.13. The minimum atomic E-state index is -0.0948. The highest BCUT2D eigenvalue weighted by molar-refractivity contribution is 5.93. The molecule has 0 bridgehead atoms. The third kappa shape index (κ3) is 3.72. The van der Waals surface area contributed by atoms with Gasteiger partial charge in [-0.25, -0.2) is 4.68 Å². The Balaban J connectivity index is 0.00000210. The lowest BCUT2D eigenvalue weighted by molar-refractivity contribution is 0.0784. The lowest BCUT2D eigenvalue weighted by Gasteiger charge is -2.14. The lowest BCUT2D eigenvalue weighted by atomic mass is 10.1. The first-order valence-corrected chi connectivity index (χ1v) is 8.76. The third-order valence-corrected chi connectivity index (χ3v) is 4.83. The molecule has 1 aromatic heterocycles. The molecule has 1 saturated heterocycles. The van der Waals surface area contributed by atoms with Gasteiger partial charge in [-0.1, -0.05) is 47.7 Å². The van der Waals surface area contributed by atoms with Crippen molar-refractivity contribution >= 4 is 18.3 Å². The van der Waals surface area contributed by atoms with Crippen LogP contribution in [0.15, 0.2) is 54.6 Å². The number of aromatic nitrogens is 3. The number of hydrogen-bond donors (Lipinski definition) is 1. The summed E-state index contributed by atoms with van der Waals surface area (Å²) in [6, 6.07) is 18.3. The number of hydrogen-bond acceptors (Lipinski definition) is 4. The largest absolute Gasteiger partial charge is 0.336 e. The minimum Gasteiger partial charge on any atom is -0.336 e. The highest BCUT2D eigenvalue weighted by Gasteiger charge is 2.28. The van der Waals surface area contributed by atoms with E-state index in [1.165, 1.54) is 0 Å². The molecule has 0 spiro atoms. The Morgan fingerprint density at radius 1 is 1.07 bits per heavy atom. The first-order valence-electron chi connectivity index (χ1n) is 8.76. The molecule has 0 unspecified atom stereocenters. The van der Waals surface area contributed by atoms with Crippen LogP contribution in [0.3, 0.4) is 0 Å². The van der Waals surface area contributed by atoms with Crippen LogP contribution in [-0.4, -0.2) is 44.9 Å². The topological polar surface area (TPSA) is 77.0 Å². The Kier molecular flexibility index (Phi) is 5.58. The SMILES string of the molecule is Cc1c(C(=O)N2CC[C@@H](N)C2)nnn1-c1ccc(-c2ccccc2)cc1.Cl. The van der Waals surface area contributed by atoms with E-state index in [0.717, 1.165) is 28.9 Å². The predicted molar refractivity (Wildman–Crippen MR) is 107 cm³/mol. The summed E-state index contributed by atoms with van der Waals surface area (Å²) in [7, 11) is 0. The molecule has 6 nitrogen and oxygen atoms in total. The summed E-state index contributed by atoms with van der Waals surface area (Å²) in [5.74, 6) is -0.0948. The molecule has 0 saturated carbocycles. The van der Waals surface area contributed by atoms with E-state index in [1.54, 1.807) is 9.58 Å². The molecule has 4 rings (SSSR count). The molecule has 2 heterocycles. The second kappa shape index (κ2) is 7.90. The highest BCUT2D eigenvalue weighted by Crippen LogP contribution is 2.22. The van der Waals surface area contributed by atoms with Crippen molar-refractivity contribution < 1.29 is 4.79 Å². The van der Waals surface area contributed by atoms with E-state index < -0.39 is 0 Å². The zero-order valence-corrected chi connectivity index (χ0v) is 15.9. The summed E-state index contributed by atoms with van der Waals surface area (Å²) in [5.41, 5.74) is 10.2. The Morgan fingerprint density at radius 2 is 1.74 bits per heavy atom. The van der Waals surface area contributed by atoms with E-state index in [2.05, 4.69) is 22.4 Å². The molecule has 0 aliphatic carbocycles. The van der Waals surface area contributed by atoms with Crippen LogP contribution in [0, 0.1) is 6.92 Å². The molecule has 140 valence electrons. The van der Waals surface area contributed by atoms with Crippen LogP contribution >= 0.6 is 12.4 Å². The zero-order chi connectivity index (χ0) is 18.1. The van der Waals surface area contributed by atoms with Crippen LogP contribution in [0.1, 0.15) is 22.6 Å². The van der Waals surface area contributed by atoms with Crippen molar-refractivity contribution in [2.45, 2.75) is 19.4 Å². The van der Waals surface area contributed by atoms with Gasteiger partial charge in [-0.2, -0.15) is 0 Å². The Hall–Kier alpha value is -2.70. The summed E-state index contributed by atoms with van der Waals surface area (Å²) < 4.78 is 1.71. The standard InChI is InChI=1S/C20H21N5O.ClH/c1-14-19(20(26)24-12-11-17(21)13-24)22-23-25(14)18-9-7-16(8-10-18)15-5-3-2-4-6-15;/h2-10,17H,11-13,21H2,1H3;1H/t17-;/m1./s1. The van der Waals surface area contributed by atoms with Gasteiger partial charge < -0.3 is 10.6 Å². The molecular weight excluding hydrogens is 362 g/mol. The lowest BCUT2D eigenvalue weighted by Crippen LogP contribution is -2.32. The van der Waals surface area contributed by atoms with Gasteiger partial charge in [-0.3, -0.25) is 4.79 Å². The van der Waals surface area contributed by atoms with Crippen molar-refractivity contribution in [3.05, 3.63) is 66.0 Å². The van der Waals surface area contributed by atoms with E-state index in [9.17, 15) is 4.79 Å². The monoisotopic (exact) mass is 383 g/mol. The molecule has 2 aromatic carbocycles. The van der Waals surface area contributed by atoms with Crippen LogP contribution in [0.2, 0.25) is 0 Å². The van der Waals surface area contributed by atoms with Crippen LogP contribution in [-0.2, 0) is 0 Å². The van der Waals surface area contributed by atoms with Gasteiger partial charge in [-0.05, 0) is 36.6 Å². The molecule has 1 aliphatic heterocycles. The molecule has 7 heteroatoms. The maximum atomic E-state index is 12.7. The molecule has 1 atom stereocenters. The van der Waals surface area contributed by atoms with E-state index >= 15 is 0 Å². The van der Waals surface area contributed by atoms with Crippen molar-refractivity contribution in [2.75, 3.05) is 13.1 Å². The van der Waals surface area contributed by atoms with Crippen molar-refractivity contribution in [1.29, 1.82) is 0 Å². The normalized spacial score (nSPS) is 16.2. The number of halogens is 1. The van der Waals surface area contributed by atoms with Gasteiger partial charge in [0, 0.05) is 19.1 Å². The molecule has 0 radical (unpaired) electrons. The molecule has 1 amide bonds. The van der Waals surface area contributed by atoms with Gasteiger partial charge in [0.2, 0.25) is 0 Å². The highest BCUT2D eigenvalue weighted by atomic mass is 35.5. The average molecular weight is 384 g/mol. The van der Waals surface area contributed by atoms with Gasteiger partial charge in [0.15, 0.2) is 5.69 Å². The first-order chi connectivity index (χ1) is 12.6. The van der Waals surface area contributed by atoms with Crippen LogP contribution in [0.5, 0.6) is 0 Å². The minimum absolute atomic E-state index is 0. The fraction of sp³-hybridized carbons (Fsp3) is 0.250. The number of rotatable bonds is 3. The smallest absolute Gasteiger partial charge is 0.276 e. The summed E-state index contributed by atoms with van der Waals surface area (Å²) in [4.78, 5) is 14.4. The van der Waals surface area contributed by atoms with E-state index in [-0.39, 0.29) is 24.4 Å². The number of nitrogens with zero attached hydrogens (tertiary/aromatic N) is 4. The maximum Gasteiger partial charge on any atom is 0.276 e. The number of carbonyl (C=O) groups is 1. The maximum absolute atomic E-state index is 12.7. The van der Waals surface area contributed by atoms with Crippen molar-refractivity contribution in [2.24, 2.45) is 5.73 Å². The number of nitrogens with two attached hydrogens (primary N) is 1. The van der Waals surface area contributed by atoms with Gasteiger partial charge in [0.25, 0.3) is 5.91 Å². The van der Waals surface area contributed by atoms with Crippen molar-refractivity contribution in [1.82, 2.24) is 19.9 Å². The van der Waals surface area contributed by atoms with Crippen LogP contribution < -0.4 is 5.73 Å². The van der Waals surface area contributed by atoms with Crippen molar-refractivity contribution in [3.63, 3.8) is 0 Å². The first kappa shape index (κ1) is 19.1. The van der Waals surface area contributed by atoms with Gasteiger partial charge in [0.1, 0.15) is 0 Å². The van der Waals surface area contributed by atoms with Gasteiger partial charge in [0.05, 0.1) is 11.4 Å². The average Bonchev–Trinajstić information content (AvgIpc) is 3.28. The third-order valence-electron chi connectivity index (χ3n) is 4.83. The fourth-order valence-electron chi connectivity index (χ4n) is 3.32. The van der Waals surface area contributed by atoms with E-state index in [0.29, 0.717) is 18.8 Å². The Bertz CT molecular complexity index is 923. The van der Waals surface area contributed by atoms with Crippen LogP contribution in [0.25, 0.3) is 16.8 Å². The quantitative estimate of drug-likeness (QED) is 0.754. The van der Waals surface area contributed by atoms with Gasteiger partial charge in [-0.15, -0.1) is 17.5 Å². The molecule has 2 N–H and O–H groups in total. The Morgan fingerprint density at radius 3 is 2.37 bits per heavy atom. The zero-order valence-electron chi connectivity index (χ0n) is 15.1. The number of amides is 1. The second-order valence-corrected chi connectivity index (χ2v) is 6.65. The predicted octanol–water partition coefficient (Wildman–Crippen LogP) is 2.84. The number of likely N-dealkylation sites (tertiary alicyclic amines) is 1. The second-order valence-electron chi connectivity index (χ2n) is 6.65. The van der Waals surface area contributed by atoms with E-state index in [1.807, 2.05) is 49.4 Å².